The molecule has 1 aromatic carbocycles. The molecule has 0 aromatic heterocycles. The van der Waals surface area contributed by atoms with E-state index in [2.05, 4.69) is 52.3 Å². The molecule has 0 spiro atoms. The molecular weight excluding hydrogens is 284 g/mol. The van der Waals surface area contributed by atoms with E-state index in [1.165, 1.54) is 11.3 Å². The van der Waals surface area contributed by atoms with Crippen LogP contribution in [0, 0.1) is 0 Å². The van der Waals surface area contributed by atoms with Crippen LogP contribution in [0.1, 0.15) is 18.5 Å². The van der Waals surface area contributed by atoms with Crippen molar-refractivity contribution in [1.29, 1.82) is 0 Å². The number of thioether (sulfide) groups is 1. The molecule has 0 saturated heterocycles. The summed E-state index contributed by atoms with van der Waals surface area (Å²) >= 11 is 5.35. The first-order valence-corrected chi connectivity index (χ1v) is 7.50. The first-order chi connectivity index (χ1) is 7.56. The molecule has 2 nitrogen and oxygen atoms in total. The highest BCUT2D eigenvalue weighted by Gasteiger charge is 2.10. The van der Waals surface area contributed by atoms with Gasteiger partial charge in [0.05, 0.1) is 0 Å². The third-order valence-electron chi connectivity index (χ3n) is 2.52. The molecule has 4 heteroatoms. The predicted octanol–water partition coefficient (Wildman–Crippen LogP) is 3.27. The van der Waals surface area contributed by atoms with Crippen molar-refractivity contribution in [1.82, 2.24) is 0 Å². The molecule has 0 amide bonds. The second-order valence-corrected chi connectivity index (χ2v) is 5.81. The number of rotatable bonds is 5. The van der Waals surface area contributed by atoms with Crippen LogP contribution in [0.25, 0.3) is 0 Å². The highest BCUT2D eigenvalue weighted by molar-refractivity contribution is 9.10. The summed E-state index contributed by atoms with van der Waals surface area (Å²) in [6, 6.07) is 6.36. The van der Waals surface area contributed by atoms with E-state index in [0.717, 1.165) is 16.8 Å². The molecule has 0 radical (unpaired) electrons. The second-order valence-electron chi connectivity index (χ2n) is 3.91. The van der Waals surface area contributed by atoms with E-state index in [1.807, 2.05) is 18.7 Å². The monoisotopic (exact) mass is 302 g/mol. The zero-order valence-corrected chi connectivity index (χ0v) is 12.4. The molecule has 1 rings (SSSR count). The number of nitrogens with two attached hydrogens (primary N) is 1. The highest BCUT2D eigenvalue weighted by atomic mass is 79.9. The van der Waals surface area contributed by atoms with E-state index in [9.17, 15) is 0 Å². The summed E-state index contributed by atoms with van der Waals surface area (Å²) in [5.41, 5.74) is 8.42. The Morgan fingerprint density at radius 2 is 2.19 bits per heavy atom. The number of hydrogen-bond donors (Lipinski definition) is 1. The minimum Gasteiger partial charge on any atom is -0.373 e. The van der Waals surface area contributed by atoms with Crippen molar-refractivity contribution in [3.63, 3.8) is 0 Å². The van der Waals surface area contributed by atoms with Crippen LogP contribution < -0.4 is 10.6 Å². The van der Waals surface area contributed by atoms with Crippen LogP contribution >= 0.6 is 27.7 Å². The van der Waals surface area contributed by atoms with Gasteiger partial charge in [0.2, 0.25) is 0 Å². The average Bonchev–Trinajstić information content (AvgIpc) is 2.25. The molecule has 90 valence electrons. The largest absolute Gasteiger partial charge is 0.373 e. The summed E-state index contributed by atoms with van der Waals surface area (Å²) in [5, 5.41) is 0. The molecule has 0 heterocycles. The number of nitrogens with zero attached hydrogens (tertiary/aromatic N) is 1. The minimum atomic E-state index is 0.0595. The fourth-order valence-electron chi connectivity index (χ4n) is 1.59. The fourth-order valence-corrected chi connectivity index (χ4v) is 2.42. The van der Waals surface area contributed by atoms with Crippen LogP contribution in [0.2, 0.25) is 0 Å². The topological polar surface area (TPSA) is 29.3 Å². The van der Waals surface area contributed by atoms with Crippen molar-refractivity contribution >= 4 is 33.4 Å². The summed E-state index contributed by atoms with van der Waals surface area (Å²) in [4.78, 5) is 2.27. The van der Waals surface area contributed by atoms with Gasteiger partial charge in [-0.3, -0.25) is 0 Å². The van der Waals surface area contributed by atoms with Crippen molar-refractivity contribution in [2.24, 2.45) is 5.73 Å². The maximum absolute atomic E-state index is 6.00. The Labute approximate surface area is 111 Å². The molecule has 2 N–H and O–H groups in total. The lowest BCUT2D eigenvalue weighted by atomic mass is 10.1. The Bertz CT molecular complexity index is 342. The van der Waals surface area contributed by atoms with Crippen LogP contribution in [-0.2, 0) is 0 Å². The summed E-state index contributed by atoms with van der Waals surface area (Å²) in [6.45, 7) is 3.07. The van der Waals surface area contributed by atoms with Crippen LogP contribution in [0.15, 0.2) is 22.7 Å². The van der Waals surface area contributed by atoms with Crippen LogP contribution in [0.3, 0.4) is 0 Å². The Morgan fingerprint density at radius 1 is 1.50 bits per heavy atom. The number of anilines is 1. The fraction of sp³-hybridized carbons (Fsp3) is 0.500. The molecule has 0 fully saturated rings. The van der Waals surface area contributed by atoms with Gasteiger partial charge in [-0.2, -0.15) is 11.8 Å². The van der Waals surface area contributed by atoms with E-state index < -0.39 is 0 Å². The van der Waals surface area contributed by atoms with Gasteiger partial charge in [0.1, 0.15) is 0 Å². The lowest BCUT2D eigenvalue weighted by Gasteiger charge is -2.24. The van der Waals surface area contributed by atoms with Crippen molar-refractivity contribution in [3.05, 3.63) is 28.2 Å². The van der Waals surface area contributed by atoms with Gasteiger partial charge in [-0.05, 0) is 36.9 Å². The van der Waals surface area contributed by atoms with E-state index in [1.54, 1.807) is 0 Å². The SMILES string of the molecule is CSCCN(C)c1ccc(Br)cc1C(C)N. The first kappa shape index (κ1) is 13.9. The van der Waals surface area contributed by atoms with E-state index >= 15 is 0 Å². The van der Waals surface area contributed by atoms with Gasteiger partial charge in [0, 0.05) is 35.5 Å². The zero-order chi connectivity index (χ0) is 12.1. The molecule has 1 atom stereocenters. The van der Waals surface area contributed by atoms with E-state index in [0.29, 0.717) is 0 Å². The maximum Gasteiger partial charge on any atom is 0.0412 e. The van der Waals surface area contributed by atoms with Gasteiger partial charge in [0.25, 0.3) is 0 Å². The number of hydrogen-bond acceptors (Lipinski definition) is 3. The highest BCUT2D eigenvalue weighted by Crippen LogP contribution is 2.27. The van der Waals surface area contributed by atoms with Crippen molar-refractivity contribution in [2.75, 3.05) is 30.5 Å². The molecule has 0 aliphatic heterocycles. The van der Waals surface area contributed by atoms with Crippen LogP contribution in [0.5, 0.6) is 0 Å². The molecule has 0 bridgehead atoms. The van der Waals surface area contributed by atoms with Crippen molar-refractivity contribution < 1.29 is 0 Å². The summed E-state index contributed by atoms with van der Waals surface area (Å²) in [5.74, 6) is 1.13. The normalized spacial score (nSPS) is 12.6. The second kappa shape index (κ2) is 6.52. The molecule has 16 heavy (non-hydrogen) atoms. The average molecular weight is 303 g/mol. The predicted molar refractivity (Wildman–Crippen MR) is 78.4 cm³/mol. The standard InChI is InChI=1S/C12H19BrN2S/c1-9(14)11-8-10(13)4-5-12(11)15(2)6-7-16-3/h4-5,8-9H,6-7,14H2,1-3H3. The summed E-state index contributed by atoms with van der Waals surface area (Å²) in [6.07, 6.45) is 2.13. The lowest BCUT2D eigenvalue weighted by molar-refractivity contribution is 0.806. The number of benzene rings is 1. The Kier molecular flexibility index (Phi) is 5.66. The van der Waals surface area contributed by atoms with E-state index in [4.69, 9.17) is 5.73 Å². The molecule has 0 aliphatic rings. The minimum absolute atomic E-state index is 0.0595. The van der Waals surface area contributed by atoms with Gasteiger partial charge < -0.3 is 10.6 Å². The van der Waals surface area contributed by atoms with Gasteiger partial charge in [0.15, 0.2) is 0 Å². The Morgan fingerprint density at radius 3 is 2.75 bits per heavy atom. The Hall–Kier alpha value is -0.190. The zero-order valence-electron chi connectivity index (χ0n) is 10.0. The van der Waals surface area contributed by atoms with Crippen molar-refractivity contribution in [3.8, 4) is 0 Å². The summed E-state index contributed by atoms with van der Waals surface area (Å²) in [7, 11) is 2.12. The summed E-state index contributed by atoms with van der Waals surface area (Å²) < 4.78 is 1.09. The molecule has 1 unspecified atom stereocenters. The van der Waals surface area contributed by atoms with Crippen LogP contribution in [0.4, 0.5) is 5.69 Å². The van der Waals surface area contributed by atoms with Gasteiger partial charge in [-0.25, -0.2) is 0 Å². The molecule has 1 aromatic rings. The van der Waals surface area contributed by atoms with Crippen LogP contribution in [-0.4, -0.2) is 25.6 Å². The number of halogens is 1. The third kappa shape index (κ3) is 3.68. The van der Waals surface area contributed by atoms with Gasteiger partial charge in [-0.15, -0.1) is 0 Å². The first-order valence-electron chi connectivity index (χ1n) is 5.31. The Balaban J connectivity index is 2.93. The molecule has 0 saturated carbocycles. The molecular formula is C12H19BrN2S. The maximum atomic E-state index is 6.00. The molecule has 0 aliphatic carbocycles. The smallest absolute Gasteiger partial charge is 0.0412 e. The quantitative estimate of drug-likeness (QED) is 0.905. The third-order valence-corrected chi connectivity index (χ3v) is 3.61. The lowest BCUT2D eigenvalue weighted by Crippen LogP contribution is -2.23. The van der Waals surface area contributed by atoms with Gasteiger partial charge in [-0.1, -0.05) is 15.9 Å². The van der Waals surface area contributed by atoms with E-state index in [-0.39, 0.29) is 6.04 Å². The van der Waals surface area contributed by atoms with Gasteiger partial charge >= 0.3 is 0 Å². The van der Waals surface area contributed by atoms with Crippen molar-refractivity contribution in [2.45, 2.75) is 13.0 Å².